The van der Waals surface area contributed by atoms with E-state index in [1.165, 1.54) is 5.01 Å². The highest BCUT2D eigenvalue weighted by Crippen LogP contribution is 2.35. The van der Waals surface area contributed by atoms with Gasteiger partial charge in [-0.05, 0) is 71.8 Å². The lowest BCUT2D eigenvalue weighted by molar-refractivity contribution is 0.200. The van der Waals surface area contributed by atoms with Crippen LogP contribution in [0.1, 0.15) is 23.6 Å². The molecule has 1 unspecified atom stereocenters. The molecule has 4 aromatic rings. The van der Waals surface area contributed by atoms with Crippen LogP contribution in [0.3, 0.4) is 0 Å². The fraction of sp³-hybridized carbons (Fsp3) is 0.0714. The lowest BCUT2D eigenvalue weighted by Gasteiger charge is -2.23. The fourth-order valence-electron chi connectivity index (χ4n) is 3.90. The molecule has 2 amide bonds. The number of carbonyl (C=O) groups is 1. The van der Waals surface area contributed by atoms with Crippen LogP contribution < -0.4 is 10.1 Å². The predicted octanol–water partition coefficient (Wildman–Crippen LogP) is 8.17. The van der Waals surface area contributed by atoms with E-state index >= 15 is 0 Å². The smallest absolute Gasteiger partial charge is 0.342 e. The van der Waals surface area contributed by atoms with Gasteiger partial charge in [-0.3, -0.25) is 0 Å². The van der Waals surface area contributed by atoms with Crippen LogP contribution in [0.4, 0.5) is 10.5 Å². The van der Waals surface area contributed by atoms with E-state index in [-0.39, 0.29) is 12.1 Å². The number of nitrogens with zero attached hydrogens (tertiary/aromatic N) is 2. The summed E-state index contributed by atoms with van der Waals surface area (Å²) in [7, 11) is 0. The maximum Gasteiger partial charge on any atom is 0.342 e. The van der Waals surface area contributed by atoms with E-state index < -0.39 is 0 Å². The number of amides is 2. The molecule has 174 valence electrons. The number of benzene rings is 4. The minimum atomic E-state index is -0.337. The van der Waals surface area contributed by atoms with Gasteiger partial charge in [0, 0.05) is 22.2 Å². The van der Waals surface area contributed by atoms with Gasteiger partial charge < -0.3 is 10.1 Å². The number of halogens is 2. The van der Waals surface area contributed by atoms with Crippen molar-refractivity contribution >= 4 is 40.6 Å². The van der Waals surface area contributed by atoms with Crippen molar-refractivity contribution < 1.29 is 9.53 Å². The van der Waals surface area contributed by atoms with Crippen LogP contribution in [-0.2, 0) is 0 Å². The minimum absolute atomic E-state index is 0.313. The number of ether oxygens (including phenoxy) is 1. The van der Waals surface area contributed by atoms with E-state index in [0.29, 0.717) is 27.9 Å². The molecular formula is C28H21Cl2N3O2. The Morgan fingerprint density at radius 1 is 0.829 bits per heavy atom. The van der Waals surface area contributed by atoms with Gasteiger partial charge in [0.25, 0.3) is 0 Å². The van der Waals surface area contributed by atoms with E-state index in [1.54, 1.807) is 24.3 Å². The molecule has 1 atom stereocenters. The summed E-state index contributed by atoms with van der Waals surface area (Å²) in [6.45, 7) is 0. The second-order valence-corrected chi connectivity index (χ2v) is 8.92. The molecule has 0 spiro atoms. The summed E-state index contributed by atoms with van der Waals surface area (Å²) < 4.78 is 6.02. The highest BCUT2D eigenvalue weighted by atomic mass is 35.5. The van der Waals surface area contributed by atoms with Gasteiger partial charge in [-0.15, -0.1) is 0 Å². The van der Waals surface area contributed by atoms with Crippen molar-refractivity contribution in [3.05, 3.63) is 124 Å². The molecule has 0 bridgehead atoms. The molecule has 0 aliphatic carbocycles. The van der Waals surface area contributed by atoms with E-state index in [0.717, 1.165) is 22.6 Å². The van der Waals surface area contributed by atoms with Crippen LogP contribution in [0, 0.1) is 0 Å². The Morgan fingerprint density at radius 2 is 1.49 bits per heavy atom. The molecule has 1 aliphatic heterocycles. The van der Waals surface area contributed by atoms with Gasteiger partial charge in [-0.1, -0.05) is 65.7 Å². The molecule has 35 heavy (non-hydrogen) atoms. The first-order valence-electron chi connectivity index (χ1n) is 11.1. The summed E-state index contributed by atoms with van der Waals surface area (Å²) >= 11 is 12.1. The SMILES string of the molecule is O=C(Nc1ccc(Cl)cc1)N1N=C(c2ccc(Cl)cc2)CC1c1cccc(Oc2ccccc2)c1. The zero-order chi connectivity index (χ0) is 24.2. The van der Waals surface area contributed by atoms with Gasteiger partial charge in [0.2, 0.25) is 0 Å². The van der Waals surface area contributed by atoms with Gasteiger partial charge in [-0.2, -0.15) is 5.10 Å². The first-order valence-corrected chi connectivity index (χ1v) is 11.8. The number of para-hydroxylation sites is 1. The van der Waals surface area contributed by atoms with Crippen LogP contribution >= 0.6 is 23.2 Å². The number of urea groups is 1. The summed E-state index contributed by atoms with van der Waals surface area (Å²) in [5, 5.41) is 10.3. The molecule has 1 aliphatic rings. The van der Waals surface area contributed by atoms with Crippen LogP contribution in [0.15, 0.2) is 108 Å². The van der Waals surface area contributed by atoms with Gasteiger partial charge in [0.1, 0.15) is 11.5 Å². The third-order valence-corrected chi connectivity index (χ3v) is 6.12. The topological polar surface area (TPSA) is 53.9 Å². The molecule has 5 nitrogen and oxygen atoms in total. The van der Waals surface area contributed by atoms with Crippen LogP contribution in [0.5, 0.6) is 11.5 Å². The van der Waals surface area contributed by atoms with Crippen molar-refractivity contribution in [3.8, 4) is 11.5 Å². The molecule has 0 saturated carbocycles. The van der Waals surface area contributed by atoms with Gasteiger partial charge in [-0.25, -0.2) is 9.80 Å². The standard InChI is InChI=1S/C28H21Cl2N3O2/c29-21-11-9-19(10-12-21)26-18-27(33(32-26)28(34)31-23-15-13-22(30)14-16-23)20-5-4-8-25(17-20)35-24-6-2-1-3-7-24/h1-17,27H,18H2,(H,31,34). The number of anilines is 1. The third-order valence-electron chi connectivity index (χ3n) is 5.61. The lowest BCUT2D eigenvalue weighted by atomic mass is 9.98. The average Bonchev–Trinajstić information content (AvgIpc) is 3.33. The van der Waals surface area contributed by atoms with E-state index in [1.807, 2.05) is 78.9 Å². The Kier molecular flexibility index (Phi) is 6.70. The van der Waals surface area contributed by atoms with Gasteiger partial charge >= 0.3 is 6.03 Å². The van der Waals surface area contributed by atoms with Crippen molar-refractivity contribution in [2.75, 3.05) is 5.32 Å². The quantitative estimate of drug-likeness (QED) is 0.299. The largest absolute Gasteiger partial charge is 0.457 e. The minimum Gasteiger partial charge on any atom is -0.457 e. The molecule has 7 heteroatoms. The number of hydrazone groups is 1. The third kappa shape index (κ3) is 5.48. The van der Waals surface area contributed by atoms with Crippen molar-refractivity contribution in [3.63, 3.8) is 0 Å². The van der Waals surface area contributed by atoms with Crippen molar-refractivity contribution in [1.29, 1.82) is 0 Å². The number of hydrogen-bond donors (Lipinski definition) is 1. The molecular weight excluding hydrogens is 481 g/mol. The molecule has 5 rings (SSSR count). The maximum atomic E-state index is 13.3. The first-order chi connectivity index (χ1) is 17.0. The second kappa shape index (κ2) is 10.2. The number of rotatable bonds is 5. The summed E-state index contributed by atoms with van der Waals surface area (Å²) in [6.07, 6.45) is 0.546. The van der Waals surface area contributed by atoms with Crippen molar-refractivity contribution in [1.82, 2.24) is 5.01 Å². The molecule has 0 saturated heterocycles. The Bertz CT molecular complexity index is 1360. The highest BCUT2D eigenvalue weighted by Gasteiger charge is 2.33. The summed E-state index contributed by atoms with van der Waals surface area (Å²) in [6, 6.07) is 31.1. The van der Waals surface area contributed by atoms with E-state index in [9.17, 15) is 4.79 Å². The van der Waals surface area contributed by atoms with Gasteiger partial charge in [0.05, 0.1) is 11.8 Å². The number of nitrogens with one attached hydrogen (secondary N) is 1. The number of hydrogen-bond acceptors (Lipinski definition) is 3. The van der Waals surface area contributed by atoms with Crippen molar-refractivity contribution in [2.45, 2.75) is 12.5 Å². The van der Waals surface area contributed by atoms with Gasteiger partial charge in [0.15, 0.2) is 0 Å². The monoisotopic (exact) mass is 501 g/mol. The zero-order valence-corrected chi connectivity index (χ0v) is 20.1. The normalized spacial score (nSPS) is 15.0. The molecule has 1 N–H and O–H groups in total. The second-order valence-electron chi connectivity index (χ2n) is 8.04. The van der Waals surface area contributed by atoms with Crippen LogP contribution in [-0.4, -0.2) is 16.8 Å². The summed E-state index contributed by atoms with van der Waals surface area (Å²) in [4.78, 5) is 13.3. The van der Waals surface area contributed by atoms with Crippen LogP contribution in [0.2, 0.25) is 10.0 Å². The molecule has 0 aromatic heterocycles. The summed E-state index contributed by atoms with van der Waals surface area (Å²) in [5.74, 6) is 1.43. The predicted molar refractivity (Wildman–Crippen MR) is 141 cm³/mol. The lowest BCUT2D eigenvalue weighted by Crippen LogP contribution is -2.31. The summed E-state index contributed by atoms with van der Waals surface area (Å²) in [5.41, 5.74) is 3.26. The number of carbonyl (C=O) groups excluding carboxylic acids is 1. The Morgan fingerprint density at radius 3 is 2.20 bits per heavy atom. The molecule has 0 fully saturated rings. The van der Waals surface area contributed by atoms with Crippen LogP contribution in [0.25, 0.3) is 0 Å². The Labute approximate surface area is 213 Å². The van der Waals surface area contributed by atoms with E-state index in [2.05, 4.69) is 5.32 Å². The Hall–Kier alpha value is -3.80. The maximum absolute atomic E-state index is 13.3. The van der Waals surface area contributed by atoms with Crippen molar-refractivity contribution in [2.24, 2.45) is 5.10 Å². The highest BCUT2D eigenvalue weighted by molar-refractivity contribution is 6.31. The molecule has 4 aromatic carbocycles. The zero-order valence-electron chi connectivity index (χ0n) is 18.6. The molecule has 0 radical (unpaired) electrons. The average molecular weight is 502 g/mol. The molecule has 1 heterocycles. The first kappa shape index (κ1) is 23.0. The Balaban J connectivity index is 1.44. The van der Waals surface area contributed by atoms with E-state index in [4.69, 9.17) is 33.0 Å². The fourth-order valence-corrected chi connectivity index (χ4v) is 4.15.